The van der Waals surface area contributed by atoms with Crippen LogP contribution in [-0.4, -0.2) is 19.6 Å². The molecule has 1 N–H and O–H groups in total. The number of rotatable bonds is 6. The maximum Gasteiger partial charge on any atom is 0.101 e. The SMILES string of the molecule is CC(C)NCc1ccc(N(C)CC2CCCC2)c(C#N)c1. The van der Waals surface area contributed by atoms with E-state index in [-0.39, 0.29) is 0 Å². The lowest BCUT2D eigenvalue weighted by molar-refractivity contribution is 0.547. The number of benzene rings is 1. The summed E-state index contributed by atoms with van der Waals surface area (Å²) in [5.74, 6) is 0.795. The van der Waals surface area contributed by atoms with Gasteiger partial charge in [0.05, 0.1) is 11.3 Å². The van der Waals surface area contributed by atoms with Crippen molar-refractivity contribution >= 4 is 5.69 Å². The van der Waals surface area contributed by atoms with Gasteiger partial charge in [-0.05, 0) is 36.5 Å². The Kier molecular flexibility index (Phi) is 5.64. The van der Waals surface area contributed by atoms with Gasteiger partial charge in [0.1, 0.15) is 6.07 Å². The smallest absolute Gasteiger partial charge is 0.101 e. The number of anilines is 1. The third-order valence-electron chi connectivity index (χ3n) is 4.31. The molecule has 3 nitrogen and oxygen atoms in total. The topological polar surface area (TPSA) is 39.1 Å². The minimum atomic E-state index is 0.459. The predicted molar refractivity (Wildman–Crippen MR) is 88.4 cm³/mol. The zero-order valence-electron chi connectivity index (χ0n) is 13.5. The van der Waals surface area contributed by atoms with Crippen molar-refractivity contribution in [1.82, 2.24) is 5.32 Å². The van der Waals surface area contributed by atoms with Crippen molar-refractivity contribution < 1.29 is 0 Å². The number of nitriles is 1. The highest BCUT2D eigenvalue weighted by Crippen LogP contribution is 2.28. The van der Waals surface area contributed by atoms with Gasteiger partial charge in [0.15, 0.2) is 0 Å². The second-order valence-electron chi connectivity index (χ2n) is 6.53. The summed E-state index contributed by atoms with van der Waals surface area (Å²) in [4.78, 5) is 2.26. The van der Waals surface area contributed by atoms with E-state index >= 15 is 0 Å². The van der Waals surface area contributed by atoms with Gasteiger partial charge >= 0.3 is 0 Å². The van der Waals surface area contributed by atoms with Crippen LogP contribution in [0.2, 0.25) is 0 Å². The summed E-state index contributed by atoms with van der Waals surface area (Å²) in [6.45, 7) is 6.15. The molecule has 21 heavy (non-hydrogen) atoms. The Morgan fingerprint density at radius 1 is 1.33 bits per heavy atom. The fourth-order valence-electron chi connectivity index (χ4n) is 3.12. The fraction of sp³-hybridized carbons (Fsp3) is 0.611. The molecule has 0 unspecified atom stereocenters. The van der Waals surface area contributed by atoms with E-state index in [0.29, 0.717) is 6.04 Å². The van der Waals surface area contributed by atoms with Gasteiger partial charge in [-0.2, -0.15) is 5.26 Å². The van der Waals surface area contributed by atoms with E-state index in [2.05, 4.69) is 49.3 Å². The first-order chi connectivity index (χ1) is 10.1. The number of hydrogen-bond acceptors (Lipinski definition) is 3. The van der Waals surface area contributed by atoms with E-state index in [0.717, 1.165) is 30.3 Å². The lowest BCUT2D eigenvalue weighted by Gasteiger charge is -2.24. The number of nitrogens with one attached hydrogen (secondary N) is 1. The molecule has 1 aromatic rings. The Hall–Kier alpha value is -1.53. The molecule has 1 fully saturated rings. The summed E-state index contributed by atoms with van der Waals surface area (Å²) >= 11 is 0. The molecule has 0 heterocycles. The molecule has 0 spiro atoms. The maximum absolute atomic E-state index is 9.43. The van der Waals surface area contributed by atoms with Gasteiger partial charge in [-0.1, -0.05) is 32.8 Å². The van der Waals surface area contributed by atoms with Crippen LogP contribution in [0.25, 0.3) is 0 Å². The molecule has 3 heteroatoms. The lowest BCUT2D eigenvalue weighted by Crippen LogP contribution is -2.25. The summed E-state index contributed by atoms with van der Waals surface area (Å²) in [5, 5.41) is 12.8. The summed E-state index contributed by atoms with van der Waals surface area (Å²) in [6.07, 6.45) is 5.40. The third kappa shape index (κ3) is 4.47. The van der Waals surface area contributed by atoms with E-state index in [1.165, 1.54) is 31.2 Å². The molecular formula is C18H27N3. The minimum Gasteiger partial charge on any atom is -0.373 e. The van der Waals surface area contributed by atoms with Crippen molar-refractivity contribution in [3.63, 3.8) is 0 Å². The van der Waals surface area contributed by atoms with Gasteiger partial charge in [-0.15, -0.1) is 0 Å². The van der Waals surface area contributed by atoms with Crippen molar-refractivity contribution in [2.45, 2.75) is 52.1 Å². The summed E-state index contributed by atoms with van der Waals surface area (Å²) in [5.41, 5.74) is 3.04. The van der Waals surface area contributed by atoms with Crippen LogP contribution in [0.4, 0.5) is 5.69 Å². The van der Waals surface area contributed by atoms with Crippen LogP contribution in [0.15, 0.2) is 18.2 Å². The molecule has 114 valence electrons. The van der Waals surface area contributed by atoms with Crippen LogP contribution in [0.1, 0.15) is 50.7 Å². The van der Waals surface area contributed by atoms with E-state index in [1.54, 1.807) is 0 Å². The van der Waals surface area contributed by atoms with Crippen LogP contribution in [0, 0.1) is 17.2 Å². The highest BCUT2D eigenvalue weighted by atomic mass is 15.1. The predicted octanol–water partition coefficient (Wildman–Crippen LogP) is 3.68. The second-order valence-corrected chi connectivity index (χ2v) is 6.53. The van der Waals surface area contributed by atoms with Gasteiger partial charge < -0.3 is 10.2 Å². The van der Waals surface area contributed by atoms with E-state index < -0.39 is 0 Å². The molecule has 0 saturated heterocycles. The van der Waals surface area contributed by atoms with E-state index in [1.807, 2.05) is 6.07 Å². The van der Waals surface area contributed by atoms with Crippen LogP contribution in [0.5, 0.6) is 0 Å². The Bertz CT molecular complexity index is 496. The van der Waals surface area contributed by atoms with Crippen LogP contribution >= 0.6 is 0 Å². The second kappa shape index (κ2) is 7.47. The summed E-state index contributed by atoms with van der Waals surface area (Å²) in [6, 6.07) is 9.08. The van der Waals surface area contributed by atoms with E-state index in [4.69, 9.17) is 0 Å². The van der Waals surface area contributed by atoms with Crippen LogP contribution < -0.4 is 10.2 Å². The van der Waals surface area contributed by atoms with Crippen molar-refractivity contribution in [2.75, 3.05) is 18.5 Å². The summed E-state index contributed by atoms with van der Waals surface area (Å²) < 4.78 is 0. The largest absolute Gasteiger partial charge is 0.373 e. The molecule has 0 amide bonds. The first-order valence-corrected chi connectivity index (χ1v) is 8.07. The average Bonchev–Trinajstić information content (AvgIpc) is 2.97. The van der Waals surface area contributed by atoms with Crippen LogP contribution in [-0.2, 0) is 6.54 Å². The van der Waals surface area contributed by atoms with Gasteiger partial charge in [-0.3, -0.25) is 0 Å². The third-order valence-corrected chi connectivity index (χ3v) is 4.31. The molecule has 0 aromatic heterocycles. The van der Waals surface area contributed by atoms with Crippen molar-refractivity contribution in [2.24, 2.45) is 5.92 Å². The molecule has 2 rings (SSSR count). The maximum atomic E-state index is 9.43. The first kappa shape index (κ1) is 15.9. The van der Waals surface area contributed by atoms with Crippen molar-refractivity contribution in [3.8, 4) is 6.07 Å². The lowest BCUT2D eigenvalue weighted by atomic mass is 10.1. The van der Waals surface area contributed by atoms with Gasteiger partial charge in [0, 0.05) is 26.2 Å². The highest BCUT2D eigenvalue weighted by Gasteiger charge is 2.18. The molecule has 1 saturated carbocycles. The van der Waals surface area contributed by atoms with E-state index in [9.17, 15) is 5.26 Å². The highest BCUT2D eigenvalue weighted by molar-refractivity contribution is 5.60. The Balaban J connectivity index is 2.06. The standard InChI is InChI=1S/C18H27N3/c1-14(2)20-12-16-8-9-18(17(10-16)11-19)21(3)13-15-6-4-5-7-15/h8-10,14-15,20H,4-7,12-13H2,1-3H3. The molecule has 1 aromatic carbocycles. The molecule has 0 radical (unpaired) electrons. The minimum absolute atomic E-state index is 0.459. The zero-order valence-corrected chi connectivity index (χ0v) is 13.5. The van der Waals surface area contributed by atoms with Crippen LogP contribution in [0.3, 0.4) is 0 Å². The number of nitrogens with zero attached hydrogens (tertiary/aromatic N) is 2. The Labute approximate surface area is 129 Å². The molecule has 0 aliphatic heterocycles. The normalized spacial score (nSPS) is 15.4. The van der Waals surface area contributed by atoms with Crippen molar-refractivity contribution in [1.29, 1.82) is 5.26 Å². The Morgan fingerprint density at radius 3 is 2.67 bits per heavy atom. The fourth-order valence-corrected chi connectivity index (χ4v) is 3.12. The average molecular weight is 285 g/mol. The Morgan fingerprint density at radius 2 is 2.05 bits per heavy atom. The molecule has 1 aliphatic rings. The molecule has 0 atom stereocenters. The summed E-state index contributed by atoms with van der Waals surface area (Å²) in [7, 11) is 2.11. The van der Waals surface area contributed by atoms with Crippen molar-refractivity contribution in [3.05, 3.63) is 29.3 Å². The molecule has 1 aliphatic carbocycles. The van der Waals surface area contributed by atoms with Gasteiger partial charge in [-0.25, -0.2) is 0 Å². The molecular weight excluding hydrogens is 258 g/mol. The van der Waals surface area contributed by atoms with Gasteiger partial charge in [0.25, 0.3) is 0 Å². The van der Waals surface area contributed by atoms with Gasteiger partial charge in [0.2, 0.25) is 0 Å². The number of hydrogen-bond donors (Lipinski definition) is 1. The monoisotopic (exact) mass is 285 g/mol. The quantitative estimate of drug-likeness (QED) is 0.866. The first-order valence-electron chi connectivity index (χ1n) is 8.07. The zero-order chi connectivity index (χ0) is 15.2. The molecule has 0 bridgehead atoms.